The van der Waals surface area contributed by atoms with Crippen LogP contribution in [0.3, 0.4) is 0 Å². The van der Waals surface area contributed by atoms with E-state index in [-0.39, 0.29) is 12.1 Å². The minimum absolute atomic E-state index is 0.0878. The fraction of sp³-hybridized carbons (Fsp3) is 0.333. The molecule has 1 saturated carbocycles. The Morgan fingerprint density at radius 3 is 3.00 bits per heavy atom. The monoisotopic (exact) mass is 373 g/mol. The summed E-state index contributed by atoms with van der Waals surface area (Å²) < 4.78 is 7.86. The van der Waals surface area contributed by atoms with Crippen LogP contribution in [-0.4, -0.2) is 38.0 Å². The zero-order valence-electron chi connectivity index (χ0n) is 14.0. The molecule has 2 aromatic heterocycles. The van der Waals surface area contributed by atoms with Crippen molar-refractivity contribution in [1.82, 2.24) is 14.6 Å². The topological polar surface area (TPSA) is 97.7 Å². The van der Waals surface area contributed by atoms with E-state index in [1.807, 2.05) is 36.5 Å². The molecule has 8 heteroatoms. The molecule has 0 amide bonds. The molecule has 4 N–H and O–H groups in total. The number of aliphatic hydroxyl groups excluding tert-OH is 1. The highest BCUT2D eigenvalue weighted by molar-refractivity contribution is 6.30. The lowest BCUT2D eigenvalue weighted by Crippen LogP contribution is -2.43. The molecule has 0 spiro atoms. The van der Waals surface area contributed by atoms with Gasteiger partial charge in [-0.25, -0.2) is 9.50 Å². The molecule has 3 aromatic rings. The molecule has 0 saturated heterocycles. The summed E-state index contributed by atoms with van der Waals surface area (Å²) >= 11 is 6.06. The van der Waals surface area contributed by atoms with Crippen LogP contribution in [0.2, 0.25) is 5.02 Å². The molecule has 3 unspecified atom stereocenters. The first-order valence-corrected chi connectivity index (χ1v) is 8.93. The van der Waals surface area contributed by atoms with Gasteiger partial charge in [-0.2, -0.15) is 5.10 Å². The molecule has 0 radical (unpaired) electrons. The van der Waals surface area contributed by atoms with Crippen molar-refractivity contribution in [3.05, 3.63) is 47.9 Å². The van der Waals surface area contributed by atoms with Crippen LogP contribution >= 0.6 is 11.6 Å². The van der Waals surface area contributed by atoms with E-state index in [4.69, 9.17) is 22.1 Å². The van der Waals surface area contributed by atoms with Crippen LogP contribution in [0.25, 0.3) is 5.52 Å². The Kier molecular flexibility index (Phi) is 4.67. The molecule has 0 bridgehead atoms. The molecule has 1 aliphatic carbocycles. The second-order valence-electron chi connectivity index (χ2n) is 6.50. The summed E-state index contributed by atoms with van der Waals surface area (Å²) in [5.74, 6) is 1.29. The summed E-state index contributed by atoms with van der Waals surface area (Å²) in [5, 5.41) is 18.1. The zero-order valence-corrected chi connectivity index (χ0v) is 14.8. The van der Waals surface area contributed by atoms with Crippen molar-refractivity contribution in [1.29, 1.82) is 0 Å². The standard InChI is InChI=1S/C18H20ClN5O2/c19-11-2-1-3-12(8-11)23-18-17-16(6-7-24(17)22-10-21-18)26-13-4-5-14(20)15(25)9-13/h1-3,6-8,10,13-15,25H,4-5,9,20H2,(H,21,22,23). The van der Waals surface area contributed by atoms with Gasteiger partial charge in [-0.05, 0) is 31.0 Å². The van der Waals surface area contributed by atoms with Crippen LogP contribution in [0.5, 0.6) is 5.75 Å². The van der Waals surface area contributed by atoms with Gasteiger partial charge in [-0.3, -0.25) is 0 Å². The lowest BCUT2D eigenvalue weighted by Gasteiger charge is -2.30. The number of halogens is 1. The van der Waals surface area contributed by atoms with Gasteiger partial charge in [0, 0.05) is 35.4 Å². The first-order valence-electron chi connectivity index (χ1n) is 8.55. The van der Waals surface area contributed by atoms with E-state index < -0.39 is 6.10 Å². The van der Waals surface area contributed by atoms with E-state index in [1.165, 1.54) is 6.33 Å². The second-order valence-corrected chi connectivity index (χ2v) is 6.94. The van der Waals surface area contributed by atoms with Gasteiger partial charge in [0.1, 0.15) is 17.9 Å². The molecule has 1 aliphatic rings. The number of rotatable bonds is 4. The van der Waals surface area contributed by atoms with Gasteiger partial charge >= 0.3 is 0 Å². The minimum Gasteiger partial charge on any atom is -0.488 e. The average Bonchev–Trinajstić information content (AvgIpc) is 3.02. The highest BCUT2D eigenvalue weighted by Gasteiger charge is 2.28. The number of nitrogens with one attached hydrogen (secondary N) is 1. The van der Waals surface area contributed by atoms with Crippen molar-refractivity contribution in [3.63, 3.8) is 0 Å². The third-order valence-electron chi connectivity index (χ3n) is 4.62. The largest absolute Gasteiger partial charge is 0.488 e. The number of hydrogen-bond donors (Lipinski definition) is 3. The first-order chi connectivity index (χ1) is 12.6. The number of benzene rings is 1. The molecule has 2 heterocycles. The van der Waals surface area contributed by atoms with E-state index in [0.29, 0.717) is 23.0 Å². The number of fused-ring (bicyclic) bond motifs is 1. The van der Waals surface area contributed by atoms with E-state index in [9.17, 15) is 5.11 Å². The quantitative estimate of drug-likeness (QED) is 0.650. The third kappa shape index (κ3) is 3.46. The van der Waals surface area contributed by atoms with Crippen LogP contribution < -0.4 is 15.8 Å². The van der Waals surface area contributed by atoms with Crippen LogP contribution in [-0.2, 0) is 0 Å². The van der Waals surface area contributed by atoms with E-state index >= 15 is 0 Å². The highest BCUT2D eigenvalue weighted by atomic mass is 35.5. The Morgan fingerprint density at radius 1 is 1.31 bits per heavy atom. The van der Waals surface area contributed by atoms with Crippen molar-refractivity contribution in [2.75, 3.05) is 5.32 Å². The summed E-state index contributed by atoms with van der Waals surface area (Å²) in [7, 11) is 0. The predicted molar refractivity (Wildman–Crippen MR) is 100.0 cm³/mol. The normalized spacial score (nSPS) is 23.1. The number of hydrogen-bond acceptors (Lipinski definition) is 6. The van der Waals surface area contributed by atoms with Crippen LogP contribution in [0, 0.1) is 0 Å². The van der Waals surface area contributed by atoms with Gasteiger partial charge in [0.15, 0.2) is 11.6 Å². The molecule has 1 aromatic carbocycles. The number of aromatic nitrogens is 3. The maximum Gasteiger partial charge on any atom is 0.162 e. The number of nitrogens with two attached hydrogens (primary N) is 1. The number of nitrogens with zero attached hydrogens (tertiary/aromatic N) is 3. The summed E-state index contributed by atoms with van der Waals surface area (Å²) in [6.07, 6.45) is 4.73. The van der Waals surface area contributed by atoms with Crippen molar-refractivity contribution >= 4 is 28.6 Å². The molecular formula is C18H20ClN5O2. The van der Waals surface area contributed by atoms with Gasteiger partial charge in [0.05, 0.1) is 6.10 Å². The van der Waals surface area contributed by atoms with Gasteiger partial charge in [0.25, 0.3) is 0 Å². The van der Waals surface area contributed by atoms with Gasteiger partial charge in [0.2, 0.25) is 0 Å². The maximum absolute atomic E-state index is 10.0. The fourth-order valence-corrected chi connectivity index (χ4v) is 3.43. The van der Waals surface area contributed by atoms with Crippen molar-refractivity contribution in [2.45, 2.75) is 37.5 Å². The molecular weight excluding hydrogens is 354 g/mol. The molecule has 4 rings (SSSR count). The van der Waals surface area contributed by atoms with Crippen molar-refractivity contribution in [3.8, 4) is 5.75 Å². The molecule has 0 aliphatic heterocycles. The van der Waals surface area contributed by atoms with Crippen molar-refractivity contribution in [2.24, 2.45) is 5.73 Å². The Morgan fingerprint density at radius 2 is 2.19 bits per heavy atom. The third-order valence-corrected chi connectivity index (χ3v) is 4.85. The van der Waals surface area contributed by atoms with Gasteiger partial charge in [-0.15, -0.1) is 0 Å². The number of aliphatic hydroxyl groups is 1. The molecule has 7 nitrogen and oxygen atoms in total. The lowest BCUT2D eigenvalue weighted by atomic mass is 9.91. The lowest BCUT2D eigenvalue weighted by molar-refractivity contribution is 0.0399. The summed E-state index contributed by atoms with van der Waals surface area (Å²) in [6.45, 7) is 0. The van der Waals surface area contributed by atoms with Crippen LogP contribution in [0.1, 0.15) is 19.3 Å². The van der Waals surface area contributed by atoms with Crippen LogP contribution in [0.4, 0.5) is 11.5 Å². The molecule has 26 heavy (non-hydrogen) atoms. The summed E-state index contributed by atoms with van der Waals surface area (Å²) in [4.78, 5) is 4.35. The van der Waals surface area contributed by atoms with E-state index in [1.54, 1.807) is 4.52 Å². The fourth-order valence-electron chi connectivity index (χ4n) is 3.24. The molecule has 3 atom stereocenters. The zero-order chi connectivity index (χ0) is 18.1. The highest BCUT2D eigenvalue weighted by Crippen LogP contribution is 2.32. The number of ether oxygens (including phenoxy) is 1. The molecule has 1 fully saturated rings. The van der Waals surface area contributed by atoms with Crippen LogP contribution in [0.15, 0.2) is 42.9 Å². The Bertz CT molecular complexity index is 915. The van der Waals surface area contributed by atoms with Gasteiger partial charge in [-0.1, -0.05) is 17.7 Å². The van der Waals surface area contributed by atoms with Gasteiger partial charge < -0.3 is 20.9 Å². The first kappa shape index (κ1) is 17.1. The Balaban J connectivity index is 1.62. The molecule has 136 valence electrons. The SMILES string of the molecule is NC1CCC(Oc2ccn3ncnc(Nc4cccc(Cl)c4)c23)CC1O. The van der Waals surface area contributed by atoms with Crippen molar-refractivity contribution < 1.29 is 9.84 Å². The van der Waals surface area contributed by atoms with E-state index in [0.717, 1.165) is 24.0 Å². The minimum atomic E-state index is -0.539. The maximum atomic E-state index is 10.0. The summed E-state index contributed by atoms with van der Waals surface area (Å²) in [6, 6.07) is 9.09. The Labute approximate surface area is 155 Å². The average molecular weight is 374 g/mol. The second kappa shape index (κ2) is 7.11. The smallest absolute Gasteiger partial charge is 0.162 e. The predicted octanol–water partition coefficient (Wildman–Crippen LogP) is 2.75. The summed E-state index contributed by atoms with van der Waals surface area (Å²) in [5.41, 5.74) is 7.43. The Hall–Kier alpha value is -2.35. The number of anilines is 2. The van der Waals surface area contributed by atoms with E-state index in [2.05, 4.69) is 15.4 Å².